The molecule has 0 bridgehead atoms. The minimum Gasteiger partial charge on any atom is -0.361 e. The zero-order valence-electron chi connectivity index (χ0n) is 16.4. The van der Waals surface area contributed by atoms with E-state index in [0.717, 1.165) is 24.0 Å². The van der Waals surface area contributed by atoms with Crippen LogP contribution < -0.4 is 5.32 Å². The molecule has 152 valence electrons. The van der Waals surface area contributed by atoms with Crippen LogP contribution in [0, 0.1) is 5.92 Å². The van der Waals surface area contributed by atoms with Crippen LogP contribution in [0.2, 0.25) is 0 Å². The van der Waals surface area contributed by atoms with Crippen molar-refractivity contribution < 1.29 is 14.3 Å². The fourth-order valence-corrected chi connectivity index (χ4v) is 4.50. The highest BCUT2D eigenvalue weighted by molar-refractivity contribution is 7.13. The van der Waals surface area contributed by atoms with Crippen LogP contribution in [-0.2, 0) is 20.7 Å². The maximum absolute atomic E-state index is 13.1. The lowest BCUT2D eigenvalue weighted by Crippen LogP contribution is -2.62. The van der Waals surface area contributed by atoms with Crippen LogP contribution in [0.15, 0.2) is 54.4 Å². The van der Waals surface area contributed by atoms with Crippen LogP contribution in [-0.4, -0.2) is 48.6 Å². The van der Waals surface area contributed by atoms with Gasteiger partial charge < -0.3 is 15.0 Å². The number of carbonyl (C=O) groups excluding carboxylic acids is 2. The molecule has 1 N–H and O–H groups in total. The van der Waals surface area contributed by atoms with E-state index in [0.29, 0.717) is 26.1 Å². The Balaban J connectivity index is 1.55. The summed E-state index contributed by atoms with van der Waals surface area (Å²) in [5, 5.41) is 4.94. The van der Waals surface area contributed by atoms with Crippen molar-refractivity contribution in [1.29, 1.82) is 0 Å². The molecule has 29 heavy (non-hydrogen) atoms. The molecule has 5 nitrogen and oxygen atoms in total. The number of nitrogens with one attached hydrogen (secondary N) is 1. The summed E-state index contributed by atoms with van der Waals surface area (Å²) in [5.41, 5.74) is 1.10. The number of carbonyl (C=O) groups is 2. The first-order valence-corrected chi connectivity index (χ1v) is 10.9. The van der Waals surface area contributed by atoms with Gasteiger partial charge in [0, 0.05) is 30.3 Å². The van der Waals surface area contributed by atoms with Crippen molar-refractivity contribution in [3.63, 3.8) is 0 Å². The van der Waals surface area contributed by atoms with E-state index in [-0.39, 0.29) is 24.3 Å². The van der Waals surface area contributed by atoms with Crippen LogP contribution in [0.1, 0.15) is 18.4 Å². The lowest BCUT2D eigenvalue weighted by atomic mass is 9.90. The third kappa shape index (κ3) is 4.43. The monoisotopic (exact) mass is 410 g/mol. The van der Waals surface area contributed by atoms with E-state index in [1.807, 2.05) is 23.1 Å². The second-order valence-electron chi connectivity index (χ2n) is 7.73. The average molecular weight is 411 g/mol. The molecule has 2 aromatic rings. The molecule has 0 spiro atoms. The van der Waals surface area contributed by atoms with Gasteiger partial charge in [-0.05, 0) is 35.4 Å². The molecule has 2 heterocycles. The van der Waals surface area contributed by atoms with Gasteiger partial charge >= 0.3 is 0 Å². The van der Waals surface area contributed by atoms with E-state index in [4.69, 9.17) is 4.74 Å². The molecule has 1 saturated carbocycles. The minimum atomic E-state index is -1.07. The van der Waals surface area contributed by atoms with Gasteiger partial charge in [-0.25, -0.2) is 0 Å². The Labute approximate surface area is 175 Å². The molecule has 1 atom stereocenters. The Morgan fingerprint density at radius 2 is 2.07 bits per heavy atom. The maximum atomic E-state index is 13.1. The fourth-order valence-electron chi connectivity index (χ4n) is 3.77. The molecule has 1 aliphatic carbocycles. The molecule has 1 aromatic heterocycles. The smallest absolute Gasteiger partial charge is 0.254 e. The molecule has 6 heteroatoms. The Bertz CT molecular complexity index is 874. The van der Waals surface area contributed by atoms with E-state index in [9.17, 15) is 9.59 Å². The molecule has 1 saturated heterocycles. The molecule has 1 unspecified atom stereocenters. The summed E-state index contributed by atoms with van der Waals surface area (Å²) >= 11 is 1.70. The number of thiophene rings is 1. The maximum Gasteiger partial charge on any atom is 0.254 e. The van der Waals surface area contributed by atoms with Crippen molar-refractivity contribution in [2.24, 2.45) is 5.92 Å². The van der Waals surface area contributed by atoms with E-state index >= 15 is 0 Å². The highest BCUT2D eigenvalue weighted by Crippen LogP contribution is 2.33. The van der Waals surface area contributed by atoms with E-state index < -0.39 is 5.60 Å². The zero-order valence-corrected chi connectivity index (χ0v) is 17.2. The highest BCUT2D eigenvalue weighted by atomic mass is 32.1. The summed E-state index contributed by atoms with van der Waals surface area (Å²) in [6, 6.07) is 12.4. The van der Waals surface area contributed by atoms with Gasteiger partial charge in [-0.2, -0.15) is 0 Å². The van der Waals surface area contributed by atoms with Crippen molar-refractivity contribution in [3.8, 4) is 10.4 Å². The van der Waals surface area contributed by atoms with Crippen LogP contribution in [0.25, 0.3) is 10.4 Å². The first-order valence-electron chi connectivity index (χ1n) is 10.1. The molecule has 2 aliphatic rings. The number of morpholine rings is 1. The first-order chi connectivity index (χ1) is 14.1. The molecular weight excluding hydrogens is 384 g/mol. The normalized spacial score (nSPS) is 21.6. The molecule has 4 rings (SSSR count). The van der Waals surface area contributed by atoms with Crippen molar-refractivity contribution >= 4 is 23.2 Å². The van der Waals surface area contributed by atoms with Gasteiger partial charge in [-0.15, -0.1) is 17.9 Å². The molecule has 2 amide bonds. The first kappa shape index (κ1) is 19.9. The molecule has 1 aromatic carbocycles. The van der Waals surface area contributed by atoms with Gasteiger partial charge in [0.2, 0.25) is 5.91 Å². The van der Waals surface area contributed by atoms with Crippen LogP contribution in [0.5, 0.6) is 0 Å². The van der Waals surface area contributed by atoms with Gasteiger partial charge in [0.25, 0.3) is 5.91 Å². The summed E-state index contributed by atoms with van der Waals surface area (Å²) in [6.45, 7) is 5.25. The number of nitrogens with zero attached hydrogens (tertiary/aromatic N) is 1. The van der Waals surface area contributed by atoms with Gasteiger partial charge in [-0.3, -0.25) is 9.59 Å². The molecular formula is C23H26N2O3S. The topological polar surface area (TPSA) is 58.6 Å². The Morgan fingerprint density at radius 3 is 2.72 bits per heavy atom. The summed E-state index contributed by atoms with van der Waals surface area (Å²) in [7, 11) is 0. The van der Waals surface area contributed by atoms with Gasteiger partial charge in [0.15, 0.2) is 5.60 Å². The van der Waals surface area contributed by atoms with Gasteiger partial charge in [-0.1, -0.05) is 36.4 Å². The number of ether oxygens (including phenoxy) is 1. The van der Waals surface area contributed by atoms with Crippen LogP contribution in [0.3, 0.4) is 0 Å². The molecule has 1 aliphatic heterocycles. The predicted molar refractivity (Wildman–Crippen MR) is 115 cm³/mol. The number of hydrogen-bond donors (Lipinski definition) is 1. The number of hydrogen-bond acceptors (Lipinski definition) is 4. The number of amides is 2. The van der Waals surface area contributed by atoms with Crippen molar-refractivity contribution in [2.75, 3.05) is 26.2 Å². The number of benzene rings is 1. The third-order valence-corrected chi connectivity index (χ3v) is 6.41. The lowest BCUT2D eigenvalue weighted by molar-refractivity contribution is -0.166. The zero-order chi connectivity index (χ0) is 20.3. The summed E-state index contributed by atoms with van der Waals surface area (Å²) < 4.78 is 6.07. The van der Waals surface area contributed by atoms with E-state index in [1.54, 1.807) is 17.4 Å². The number of rotatable bonds is 7. The van der Waals surface area contributed by atoms with Crippen molar-refractivity contribution in [1.82, 2.24) is 10.2 Å². The standard InChI is InChI=1S/C23H26N2O3S/c1-2-11-24-22(27)23(16-25(12-13-28-23)21(26)19-9-10-19)15-17-5-7-18(8-6-17)20-4-3-14-29-20/h2-8,14,19H,1,9-13,15-16H2,(H,24,27). The SMILES string of the molecule is C=CCNC(=O)C1(Cc2ccc(-c3cccs3)cc2)CN(C(=O)C2CC2)CCO1. The van der Waals surface area contributed by atoms with Crippen LogP contribution in [0.4, 0.5) is 0 Å². The predicted octanol–water partition coefficient (Wildman–Crippen LogP) is 3.27. The Hall–Kier alpha value is -2.44. The summed E-state index contributed by atoms with van der Waals surface area (Å²) in [6.07, 6.45) is 3.98. The van der Waals surface area contributed by atoms with Crippen molar-refractivity contribution in [2.45, 2.75) is 24.9 Å². The highest BCUT2D eigenvalue weighted by Gasteiger charge is 2.46. The largest absolute Gasteiger partial charge is 0.361 e. The van der Waals surface area contributed by atoms with E-state index in [2.05, 4.69) is 35.5 Å². The van der Waals surface area contributed by atoms with Crippen molar-refractivity contribution in [3.05, 3.63) is 60.0 Å². The van der Waals surface area contributed by atoms with Gasteiger partial charge in [0.05, 0.1) is 13.2 Å². The Morgan fingerprint density at radius 1 is 1.28 bits per heavy atom. The molecule has 2 fully saturated rings. The summed E-state index contributed by atoms with van der Waals surface area (Å²) in [4.78, 5) is 28.7. The quantitative estimate of drug-likeness (QED) is 0.713. The second-order valence-corrected chi connectivity index (χ2v) is 8.67. The average Bonchev–Trinajstić information content (AvgIpc) is 3.46. The Kier molecular flexibility index (Phi) is 5.83. The second kappa shape index (κ2) is 8.51. The van der Waals surface area contributed by atoms with Gasteiger partial charge in [0.1, 0.15) is 0 Å². The molecule has 0 radical (unpaired) electrons. The third-order valence-electron chi connectivity index (χ3n) is 5.49. The fraction of sp³-hybridized carbons (Fsp3) is 0.391. The van der Waals surface area contributed by atoms with Crippen LogP contribution >= 0.6 is 11.3 Å². The lowest BCUT2D eigenvalue weighted by Gasteiger charge is -2.41. The minimum absolute atomic E-state index is 0.132. The summed E-state index contributed by atoms with van der Waals surface area (Å²) in [5.74, 6) is 0.0994. The van der Waals surface area contributed by atoms with E-state index in [1.165, 1.54) is 4.88 Å².